The molecule has 0 aliphatic heterocycles. The number of hydrogen-bond acceptors (Lipinski definition) is 6. The van der Waals surface area contributed by atoms with E-state index < -0.39 is 23.6 Å². The topological polar surface area (TPSA) is 91.7 Å². The van der Waals surface area contributed by atoms with Crippen LogP contribution in [0.4, 0.5) is 9.18 Å². The Labute approximate surface area is 239 Å². The number of ether oxygens (including phenoxy) is 3. The van der Waals surface area contributed by atoms with E-state index in [-0.39, 0.29) is 35.9 Å². The van der Waals surface area contributed by atoms with Crippen LogP contribution in [0.3, 0.4) is 0 Å². The van der Waals surface area contributed by atoms with Crippen LogP contribution < -0.4 is 20.3 Å². The molecule has 2 aromatic heterocycles. The van der Waals surface area contributed by atoms with E-state index in [9.17, 15) is 9.59 Å². The quantitative estimate of drug-likeness (QED) is 0.238. The molecular formula is C32H38FN3O5. The molecule has 2 heterocycles. The van der Waals surface area contributed by atoms with Gasteiger partial charge in [0.1, 0.15) is 18.0 Å². The lowest BCUT2D eigenvalue weighted by Crippen LogP contribution is -2.42. The van der Waals surface area contributed by atoms with Gasteiger partial charge in [0.05, 0.1) is 36.3 Å². The highest BCUT2D eigenvalue weighted by Crippen LogP contribution is 2.31. The van der Waals surface area contributed by atoms with Crippen molar-refractivity contribution in [2.75, 3.05) is 13.7 Å². The molecule has 0 fully saturated rings. The maximum Gasteiger partial charge on any atom is 0.407 e. The second-order valence-electron chi connectivity index (χ2n) is 11.6. The lowest BCUT2D eigenvalue weighted by Gasteiger charge is -2.25. The minimum Gasteiger partial charge on any atom is -0.497 e. The van der Waals surface area contributed by atoms with E-state index in [1.807, 2.05) is 26.0 Å². The van der Waals surface area contributed by atoms with Crippen molar-refractivity contribution in [3.8, 4) is 11.5 Å². The second kappa shape index (κ2) is 12.2. The number of benzene rings is 2. The molecular weight excluding hydrogens is 525 g/mol. The minimum atomic E-state index is -0.651. The molecule has 2 aromatic carbocycles. The number of methoxy groups -OCH3 is 1. The maximum absolute atomic E-state index is 16.3. The van der Waals surface area contributed by atoms with Gasteiger partial charge in [-0.05, 0) is 81.3 Å². The predicted molar refractivity (Wildman–Crippen MR) is 158 cm³/mol. The molecule has 9 heteroatoms. The fourth-order valence-electron chi connectivity index (χ4n) is 4.90. The molecule has 218 valence electrons. The molecule has 0 bridgehead atoms. The summed E-state index contributed by atoms with van der Waals surface area (Å²) in [7, 11) is 1.58. The van der Waals surface area contributed by atoms with Crippen LogP contribution >= 0.6 is 0 Å². The smallest absolute Gasteiger partial charge is 0.407 e. The number of nitrogens with one attached hydrogen (secondary N) is 1. The average Bonchev–Trinajstić information content (AvgIpc) is 2.89. The molecule has 0 unspecified atom stereocenters. The van der Waals surface area contributed by atoms with Crippen LogP contribution in [0, 0.1) is 18.7 Å². The number of nitrogens with zero attached hydrogens (tertiary/aromatic N) is 2. The van der Waals surface area contributed by atoms with Crippen LogP contribution in [-0.2, 0) is 11.3 Å². The zero-order chi connectivity index (χ0) is 29.9. The summed E-state index contributed by atoms with van der Waals surface area (Å²) >= 11 is 0. The highest BCUT2D eigenvalue weighted by Gasteiger charge is 2.23. The van der Waals surface area contributed by atoms with E-state index in [2.05, 4.69) is 10.3 Å². The SMILES string of the molecule is COc1ccc(Cn2c(=O)c3c(C)nccc3c3ccc(OC[C@H](CC(C)C)NC(=O)OC(C)(C)C)c(F)c32)cc1. The lowest BCUT2D eigenvalue weighted by molar-refractivity contribution is 0.0479. The van der Waals surface area contributed by atoms with Crippen molar-refractivity contribution in [3.63, 3.8) is 0 Å². The van der Waals surface area contributed by atoms with Crippen LogP contribution in [0.2, 0.25) is 0 Å². The number of carbonyl (C=O) groups is 1. The Morgan fingerprint density at radius 3 is 2.41 bits per heavy atom. The van der Waals surface area contributed by atoms with Crippen molar-refractivity contribution in [1.82, 2.24) is 14.9 Å². The molecule has 4 rings (SSSR count). The van der Waals surface area contributed by atoms with Crippen LogP contribution in [-0.4, -0.2) is 41.0 Å². The number of alkyl carbamates (subject to hydrolysis) is 1. The summed E-state index contributed by atoms with van der Waals surface area (Å²) in [6.45, 7) is 11.4. The van der Waals surface area contributed by atoms with Gasteiger partial charge < -0.3 is 24.1 Å². The van der Waals surface area contributed by atoms with Gasteiger partial charge in [0.25, 0.3) is 5.56 Å². The summed E-state index contributed by atoms with van der Waals surface area (Å²) in [5.74, 6) is 0.274. The summed E-state index contributed by atoms with van der Waals surface area (Å²) in [5, 5.41) is 4.49. The molecule has 0 spiro atoms. The van der Waals surface area contributed by atoms with E-state index in [0.717, 1.165) is 5.56 Å². The van der Waals surface area contributed by atoms with Crippen molar-refractivity contribution < 1.29 is 23.4 Å². The van der Waals surface area contributed by atoms with Gasteiger partial charge in [-0.15, -0.1) is 0 Å². The van der Waals surface area contributed by atoms with Gasteiger partial charge in [-0.2, -0.15) is 0 Å². The normalized spacial score (nSPS) is 12.5. The number of aryl methyl sites for hydroxylation is 1. The first kappa shape index (κ1) is 29.8. The molecule has 41 heavy (non-hydrogen) atoms. The molecule has 1 atom stereocenters. The summed E-state index contributed by atoms with van der Waals surface area (Å²) in [6.07, 6.45) is 1.66. The summed E-state index contributed by atoms with van der Waals surface area (Å²) in [4.78, 5) is 30.6. The highest BCUT2D eigenvalue weighted by atomic mass is 19.1. The predicted octanol–water partition coefficient (Wildman–Crippen LogP) is 6.37. The third-order valence-corrected chi connectivity index (χ3v) is 6.66. The fraction of sp³-hybridized carbons (Fsp3) is 0.406. The molecule has 8 nitrogen and oxygen atoms in total. The van der Waals surface area contributed by atoms with Crippen molar-refractivity contribution >= 4 is 27.8 Å². The van der Waals surface area contributed by atoms with Crippen LogP contribution in [0.15, 0.2) is 53.5 Å². The Kier molecular flexibility index (Phi) is 8.85. The van der Waals surface area contributed by atoms with Gasteiger partial charge in [0.2, 0.25) is 0 Å². The number of rotatable bonds is 9. The molecule has 0 saturated heterocycles. The number of pyridine rings is 2. The average molecular weight is 564 g/mol. The lowest BCUT2D eigenvalue weighted by atomic mass is 10.0. The summed E-state index contributed by atoms with van der Waals surface area (Å²) < 4.78 is 34.4. The van der Waals surface area contributed by atoms with Gasteiger partial charge in [0.15, 0.2) is 11.6 Å². The number of aromatic nitrogens is 2. The van der Waals surface area contributed by atoms with E-state index in [1.165, 1.54) is 4.57 Å². The Hall–Kier alpha value is -4.14. The second-order valence-corrected chi connectivity index (χ2v) is 11.6. The van der Waals surface area contributed by atoms with Crippen LogP contribution in [0.25, 0.3) is 21.7 Å². The van der Waals surface area contributed by atoms with Crippen LogP contribution in [0.5, 0.6) is 11.5 Å². The van der Waals surface area contributed by atoms with Crippen molar-refractivity contribution in [2.24, 2.45) is 5.92 Å². The Morgan fingerprint density at radius 1 is 1.07 bits per heavy atom. The number of halogens is 1. The monoisotopic (exact) mass is 563 g/mol. The maximum atomic E-state index is 16.3. The molecule has 1 amide bonds. The zero-order valence-corrected chi connectivity index (χ0v) is 24.7. The van der Waals surface area contributed by atoms with Gasteiger partial charge in [-0.25, -0.2) is 9.18 Å². The van der Waals surface area contributed by atoms with E-state index in [0.29, 0.717) is 34.0 Å². The Bertz CT molecular complexity index is 1610. The number of hydrogen-bond donors (Lipinski definition) is 1. The first-order valence-electron chi connectivity index (χ1n) is 13.7. The molecule has 0 saturated carbocycles. The molecule has 0 aliphatic rings. The van der Waals surface area contributed by atoms with Gasteiger partial charge in [0, 0.05) is 11.6 Å². The molecule has 4 aromatic rings. The minimum absolute atomic E-state index is 0.00902. The third-order valence-electron chi connectivity index (χ3n) is 6.66. The number of carbonyl (C=O) groups excluding carboxylic acids is 1. The van der Waals surface area contributed by atoms with E-state index in [1.54, 1.807) is 71.3 Å². The first-order valence-corrected chi connectivity index (χ1v) is 13.7. The van der Waals surface area contributed by atoms with Gasteiger partial charge in [-0.3, -0.25) is 9.78 Å². The fourth-order valence-corrected chi connectivity index (χ4v) is 4.90. The first-order chi connectivity index (χ1) is 19.4. The zero-order valence-electron chi connectivity index (χ0n) is 24.7. The van der Waals surface area contributed by atoms with Crippen molar-refractivity contribution in [1.29, 1.82) is 0 Å². The molecule has 0 aliphatic carbocycles. The van der Waals surface area contributed by atoms with Crippen LogP contribution in [0.1, 0.15) is 52.3 Å². The standard InChI is InChI=1S/C32H38FN3O5/c1-19(2)16-22(35-31(38)41-32(4,5)6)18-40-26-13-12-25-24-14-15-34-20(3)27(24)30(37)36(29(25)28(26)33)17-21-8-10-23(39-7)11-9-21/h8-15,19,22H,16-18H2,1-7H3,(H,35,38)/t22-/m0/s1. The molecule has 0 radical (unpaired) electrons. The van der Waals surface area contributed by atoms with Crippen molar-refractivity contribution in [3.05, 3.63) is 76.1 Å². The molecule has 1 N–H and O–H groups in total. The number of amides is 1. The van der Waals surface area contributed by atoms with Gasteiger partial charge >= 0.3 is 6.09 Å². The van der Waals surface area contributed by atoms with Gasteiger partial charge in [-0.1, -0.05) is 26.0 Å². The Balaban J connectivity index is 1.76. The largest absolute Gasteiger partial charge is 0.497 e. The third kappa shape index (κ3) is 6.96. The van der Waals surface area contributed by atoms with Crippen molar-refractivity contribution in [2.45, 2.75) is 66.2 Å². The highest BCUT2D eigenvalue weighted by molar-refractivity contribution is 6.06. The van der Waals surface area contributed by atoms with E-state index >= 15 is 4.39 Å². The number of fused-ring (bicyclic) bond motifs is 3. The summed E-state index contributed by atoms with van der Waals surface area (Å²) in [6, 6.07) is 11.9. The summed E-state index contributed by atoms with van der Waals surface area (Å²) in [5.41, 5.74) is 0.529. The van der Waals surface area contributed by atoms with E-state index in [4.69, 9.17) is 14.2 Å². The Morgan fingerprint density at radius 2 is 1.78 bits per heavy atom.